The minimum atomic E-state index is -0.851. The van der Waals surface area contributed by atoms with Crippen LogP contribution in [0.15, 0.2) is 33.6 Å². The van der Waals surface area contributed by atoms with Crippen molar-refractivity contribution in [2.45, 2.75) is 44.0 Å². The van der Waals surface area contributed by atoms with E-state index in [4.69, 9.17) is 0 Å². The highest BCUT2D eigenvalue weighted by atomic mass is 79.9. The van der Waals surface area contributed by atoms with Crippen LogP contribution in [0.4, 0.5) is 0 Å². The van der Waals surface area contributed by atoms with Crippen LogP contribution >= 0.6 is 15.9 Å². The fraction of sp³-hybridized carbons (Fsp3) is 0.571. The first-order chi connectivity index (χ1) is 8.63. The molecule has 0 saturated heterocycles. The average molecular weight is 332 g/mol. The molecule has 1 aromatic carbocycles. The van der Waals surface area contributed by atoms with Gasteiger partial charge in [-0.2, -0.15) is 0 Å². The van der Waals surface area contributed by atoms with Crippen LogP contribution in [0.3, 0.4) is 0 Å². The SMILES string of the molecule is CCNC(C)CCCCS(=O)c1ccc(Br)cc1. The first-order valence-corrected chi connectivity index (χ1v) is 8.62. The van der Waals surface area contributed by atoms with Crippen molar-refractivity contribution in [3.8, 4) is 0 Å². The molecule has 0 aliphatic heterocycles. The maximum atomic E-state index is 12.0. The molecule has 2 atom stereocenters. The molecule has 0 aliphatic carbocycles. The third-order valence-electron chi connectivity index (χ3n) is 2.85. The smallest absolute Gasteiger partial charge is 0.0529 e. The van der Waals surface area contributed by atoms with Gasteiger partial charge in [0, 0.05) is 21.2 Å². The Hall–Kier alpha value is -0.190. The second-order valence-corrected chi connectivity index (χ2v) is 6.94. The lowest BCUT2D eigenvalue weighted by Crippen LogP contribution is -2.25. The zero-order chi connectivity index (χ0) is 13.4. The van der Waals surface area contributed by atoms with Crippen molar-refractivity contribution >= 4 is 26.7 Å². The van der Waals surface area contributed by atoms with E-state index in [0.29, 0.717) is 6.04 Å². The van der Waals surface area contributed by atoms with Gasteiger partial charge in [-0.15, -0.1) is 0 Å². The number of benzene rings is 1. The van der Waals surface area contributed by atoms with Crippen LogP contribution in [0, 0.1) is 0 Å². The summed E-state index contributed by atoms with van der Waals surface area (Å²) in [6.45, 7) is 5.35. The molecule has 0 amide bonds. The van der Waals surface area contributed by atoms with E-state index >= 15 is 0 Å². The topological polar surface area (TPSA) is 29.1 Å². The monoisotopic (exact) mass is 331 g/mol. The number of halogens is 1. The number of unbranched alkanes of at least 4 members (excludes halogenated alkanes) is 1. The van der Waals surface area contributed by atoms with Crippen molar-refractivity contribution in [1.82, 2.24) is 5.32 Å². The molecule has 1 aromatic rings. The summed E-state index contributed by atoms with van der Waals surface area (Å²) in [5.74, 6) is 0.764. The van der Waals surface area contributed by atoms with Crippen molar-refractivity contribution in [2.24, 2.45) is 0 Å². The summed E-state index contributed by atoms with van der Waals surface area (Å²) in [4.78, 5) is 0.929. The van der Waals surface area contributed by atoms with Crippen molar-refractivity contribution in [1.29, 1.82) is 0 Å². The van der Waals surface area contributed by atoms with Gasteiger partial charge in [-0.25, -0.2) is 0 Å². The van der Waals surface area contributed by atoms with Crippen molar-refractivity contribution in [3.05, 3.63) is 28.7 Å². The summed E-state index contributed by atoms with van der Waals surface area (Å²) in [5, 5.41) is 3.39. The first kappa shape index (κ1) is 15.9. The number of hydrogen-bond acceptors (Lipinski definition) is 2. The Kier molecular flexibility index (Phi) is 7.79. The Morgan fingerprint density at radius 1 is 1.28 bits per heavy atom. The molecule has 1 rings (SSSR count). The summed E-state index contributed by atoms with van der Waals surface area (Å²) < 4.78 is 13.0. The lowest BCUT2D eigenvalue weighted by atomic mass is 10.1. The van der Waals surface area contributed by atoms with Crippen LogP contribution in [0.2, 0.25) is 0 Å². The van der Waals surface area contributed by atoms with Gasteiger partial charge in [-0.3, -0.25) is 4.21 Å². The molecule has 4 heteroatoms. The maximum Gasteiger partial charge on any atom is 0.0529 e. The number of rotatable bonds is 8. The molecule has 0 saturated carbocycles. The quantitative estimate of drug-likeness (QED) is 0.735. The van der Waals surface area contributed by atoms with Gasteiger partial charge in [0.25, 0.3) is 0 Å². The standard InChI is InChI=1S/C14H22BrNOS/c1-3-16-12(2)6-4-5-11-18(17)14-9-7-13(15)8-10-14/h7-10,12,16H,3-6,11H2,1-2H3. The zero-order valence-electron chi connectivity index (χ0n) is 11.1. The fourth-order valence-corrected chi connectivity index (χ4v) is 3.24. The minimum Gasteiger partial charge on any atom is -0.315 e. The summed E-state index contributed by atoms with van der Waals surface area (Å²) in [7, 11) is -0.851. The van der Waals surface area contributed by atoms with Crippen LogP contribution in [-0.2, 0) is 10.8 Å². The molecule has 0 fully saturated rings. The second-order valence-electron chi connectivity index (χ2n) is 4.46. The number of hydrogen-bond donors (Lipinski definition) is 1. The highest BCUT2D eigenvalue weighted by Gasteiger charge is 2.04. The molecule has 0 radical (unpaired) electrons. The molecule has 18 heavy (non-hydrogen) atoms. The summed E-state index contributed by atoms with van der Waals surface area (Å²) >= 11 is 3.38. The Morgan fingerprint density at radius 3 is 2.56 bits per heavy atom. The van der Waals surface area contributed by atoms with Crippen molar-refractivity contribution in [3.63, 3.8) is 0 Å². The van der Waals surface area contributed by atoms with Gasteiger partial charge in [0.15, 0.2) is 0 Å². The van der Waals surface area contributed by atoms with Crippen LogP contribution < -0.4 is 5.32 Å². The van der Waals surface area contributed by atoms with E-state index in [0.717, 1.165) is 40.9 Å². The molecule has 0 spiro atoms. The third-order valence-corrected chi connectivity index (χ3v) is 4.83. The highest BCUT2D eigenvalue weighted by Crippen LogP contribution is 2.14. The molecule has 0 heterocycles. The summed E-state index contributed by atoms with van der Waals surface area (Å²) in [6.07, 6.45) is 3.32. The van der Waals surface area contributed by atoms with Gasteiger partial charge in [-0.05, 0) is 50.6 Å². The molecule has 0 aliphatic rings. The van der Waals surface area contributed by atoms with Gasteiger partial charge in [0.1, 0.15) is 0 Å². The number of nitrogens with one attached hydrogen (secondary N) is 1. The molecular formula is C14H22BrNOS. The lowest BCUT2D eigenvalue weighted by Gasteiger charge is -2.11. The van der Waals surface area contributed by atoms with Gasteiger partial charge >= 0.3 is 0 Å². The van der Waals surface area contributed by atoms with Crippen LogP contribution in [0.1, 0.15) is 33.1 Å². The van der Waals surface area contributed by atoms with Gasteiger partial charge in [0.05, 0.1) is 10.8 Å². The largest absolute Gasteiger partial charge is 0.315 e. The van der Waals surface area contributed by atoms with Gasteiger partial charge in [0.2, 0.25) is 0 Å². The second kappa shape index (κ2) is 8.83. The van der Waals surface area contributed by atoms with Crippen LogP contribution in [0.5, 0.6) is 0 Å². The molecule has 2 nitrogen and oxygen atoms in total. The van der Waals surface area contributed by atoms with Crippen LogP contribution in [-0.4, -0.2) is 22.5 Å². The normalized spacial score (nSPS) is 14.4. The Balaban J connectivity index is 2.23. The predicted molar refractivity (Wildman–Crippen MR) is 82.4 cm³/mol. The molecule has 2 unspecified atom stereocenters. The molecule has 0 aromatic heterocycles. The Morgan fingerprint density at radius 2 is 1.94 bits per heavy atom. The predicted octanol–water partition coefficient (Wildman–Crippen LogP) is 3.73. The van der Waals surface area contributed by atoms with E-state index < -0.39 is 10.8 Å². The van der Waals surface area contributed by atoms with Gasteiger partial charge < -0.3 is 5.32 Å². The Labute approximate surface area is 121 Å². The maximum absolute atomic E-state index is 12.0. The van der Waals surface area contributed by atoms with Crippen molar-refractivity contribution < 1.29 is 4.21 Å². The van der Waals surface area contributed by atoms with E-state index in [9.17, 15) is 4.21 Å². The van der Waals surface area contributed by atoms with E-state index in [2.05, 4.69) is 35.1 Å². The van der Waals surface area contributed by atoms with Crippen molar-refractivity contribution in [2.75, 3.05) is 12.3 Å². The highest BCUT2D eigenvalue weighted by molar-refractivity contribution is 9.10. The summed E-state index contributed by atoms with van der Waals surface area (Å²) in [5.41, 5.74) is 0. The average Bonchev–Trinajstić information content (AvgIpc) is 2.35. The zero-order valence-corrected chi connectivity index (χ0v) is 13.5. The molecular weight excluding hydrogens is 310 g/mol. The first-order valence-electron chi connectivity index (χ1n) is 6.50. The van der Waals surface area contributed by atoms with E-state index in [1.807, 2.05) is 24.3 Å². The lowest BCUT2D eigenvalue weighted by molar-refractivity contribution is 0.509. The van der Waals surface area contributed by atoms with Gasteiger partial charge in [-0.1, -0.05) is 29.3 Å². The van der Waals surface area contributed by atoms with E-state index in [1.54, 1.807) is 0 Å². The van der Waals surface area contributed by atoms with Crippen LogP contribution in [0.25, 0.3) is 0 Å². The molecule has 1 N–H and O–H groups in total. The summed E-state index contributed by atoms with van der Waals surface area (Å²) in [6, 6.07) is 8.32. The minimum absolute atomic E-state index is 0.566. The van der Waals surface area contributed by atoms with E-state index in [-0.39, 0.29) is 0 Å². The molecule has 102 valence electrons. The molecule has 0 bridgehead atoms. The third kappa shape index (κ3) is 6.12. The van der Waals surface area contributed by atoms with E-state index in [1.165, 1.54) is 0 Å². The fourth-order valence-electron chi connectivity index (χ4n) is 1.84. The Bertz CT molecular complexity index is 367.